The van der Waals surface area contributed by atoms with Crippen LogP contribution < -0.4 is 21.9 Å². The molecule has 11 nitrogen and oxygen atoms in total. The van der Waals surface area contributed by atoms with E-state index >= 15 is 0 Å². The number of anilines is 1. The van der Waals surface area contributed by atoms with Crippen molar-refractivity contribution in [3.05, 3.63) is 60.9 Å². The lowest BCUT2D eigenvalue weighted by Gasteiger charge is -2.38. The molecule has 0 aliphatic carbocycles. The molecule has 2 aromatic heterocycles. The Balaban J connectivity index is 1.41. The Morgan fingerprint density at radius 3 is 2.58 bits per heavy atom. The molecule has 38 heavy (non-hydrogen) atoms. The summed E-state index contributed by atoms with van der Waals surface area (Å²) >= 11 is 0. The fourth-order valence-electron chi connectivity index (χ4n) is 4.91. The molecule has 0 radical (unpaired) electrons. The van der Waals surface area contributed by atoms with Gasteiger partial charge in [-0.05, 0) is 55.7 Å². The van der Waals surface area contributed by atoms with Crippen molar-refractivity contribution in [2.24, 2.45) is 11.5 Å². The third kappa shape index (κ3) is 5.44. The van der Waals surface area contributed by atoms with Gasteiger partial charge in [-0.1, -0.05) is 18.2 Å². The zero-order valence-corrected chi connectivity index (χ0v) is 21.0. The number of carbonyl (C=O) groups excluding carboxylic acids is 1. The van der Waals surface area contributed by atoms with Gasteiger partial charge in [-0.15, -0.1) is 0 Å². The first kappa shape index (κ1) is 25.6. The van der Waals surface area contributed by atoms with Crippen molar-refractivity contribution in [1.82, 2.24) is 24.6 Å². The Labute approximate surface area is 220 Å². The van der Waals surface area contributed by atoms with Gasteiger partial charge in [0.15, 0.2) is 5.65 Å². The third-order valence-electron chi connectivity index (χ3n) is 6.88. The topological polar surface area (TPSA) is 171 Å². The van der Waals surface area contributed by atoms with Crippen LogP contribution in [0.25, 0.3) is 22.3 Å². The van der Waals surface area contributed by atoms with E-state index in [0.29, 0.717) is 47.8 Å². The molecule has 3 atom stereocenters. The Morgan fingerprint density at radius 2 is 1.84 bits per heavy atom. The number of benzene rings is 2. The van der Waals surface area contributed by atoms with Gasteiger partial charge in [0, 0.05) is 31.1 Å². The molecule has 0 bridgehead atoms. The second-order valence-corrected chi connectivity index (χ2v) is 9.56. The average Bonchev–Trinajstić information content (AvgIpc) is 3.33. The number of primary amides is 1. The number of piperidine rings is 1. The fraction of sp³-hybridized carbons (Fsp3) is 0.333. The molecular weight excluding hydrogens is 484 g/mol. The van der Waals surface area contributed by atoms with Crippen molar-refractivity contribution >= 4 is 22.8 Å². The molecule has 2 aromatic carbocycles. The number of aliphatic hydroxyl groups excluding tert-OH is 1. The molecule has 11 heteroatoms. The molecule has 1 fully saturated rings. The number of hydrogen-bond acceptors (Lipinski definition) is 9. The van der Waals surface area contributed by atoms with E-state index in [2.05, 4.69) is 9.97 Å². The lowest BCUT2D eigenvalue weighted by molar-refractivity contribution is -0.118. The van der Waals surface area contributed by atoms with Gasteiger partial charge in [0.05, 0.1) is 11.4 Å². The number of likely N-dealkylation sites (tertiary alicyclic amines) is 1. The number of ether oxygens (including phenoxy) is 1. The SMILES string of the molecule is NC(=O)CC[C@H](N)C(O)N1CCC[C@@H](n2nc(-c3ccc(Oc4ccccc4)cc3)c3c(N)ncnc32)C1. The van der Waals surface area contributed by atoms with Crippen LogP contribution in [-0.4, -0.2) is 61.0 Å². The van der Waals surface area contributed by atoms with E-state index in [9.17, 15) is 9.90 Å². The summed E-state index contributed by atoms with van der Waals surface area (Å²) in [6.07, 6.45) is 2.69. The Bertz CT molecular complexity index is 1390. The van der Waals surface area contributed by atoms with E-state index in [1.807, 2.05) is 64.2 Å². The molecule has 0 spiro atoms. The summed E-state index contributed by atoms with van der Waals surface area (Å²) in [5, 5.41) is 16.5. The predicted molar refractivity (Wildman–Crippen MR) is 144 cm³/mol. The van der Waals surface area contributed by atoms with Crippen LogP contribution in [0.5, 0.6) is 11.5 Å². The predicted octanol–water partition coefficient (Wildman–Crippen LogP) is 2.42. The Kier molecular flexibility index (Phi) is 7.50. The monoisotopic (exact) mass is 516 g/mol. The smallest absolute Gasteiger partial charge is 0.217 e. The normalized spacial score (nSPS) is 17.8. The highest BCUT2D eigenvalue weighted by molar-refractivity contribution is 5.98. The average molecular weight is 517 g/mol. The van der Waals surface area contributed by atoms with E-state index in [1.165, 1.54) is 6.33 Å². The molecule has 1 aliphatic heterocycles. The summed E-state index contributed by atoms with van der Waals surface area (Å²) < 4.78 is 7.80. The van der Waals surface area contributed by atoms with Crippen LogP contribution in [0.15, 0.2) is 60.9 Å². The van der Waals surface area contributed by atoms with Gasteiger partial charge >= 0.3 is 0 Å². The second-order valence-electron chi connectivity index (χ2n) is 9.56. The van der Waals surface area contributed by atoms with Gasteiger partial charge < -0.3 is 27.0 Å². The molecule has 7 N–H and O–H groups in total. The molecule has 1 amide bonds. The summed E-state index contributed by atoms with van der Waals surface area (Å²) in [7, 11) is 0. The van der Waals surface area contributed by atoms with Gasteiger partial charge in [-0.2, -0.15) is 5.10 Å². The number of hydrogen-bond donors (Lipinski definition) is 4. The van der Waals surface area contributed by atoms with Crippen LogP contribution in [0.3, 0.4) is 0 Å². The van der Waals surface area contributed by atoms with Crippen LogP contribution in [0, 0.1) is 0 Å². The maximum absolute atomic E-state index is 11.1. The van der Waals surface area contributed by atoms with Crippen molar-refractivity contribution in [3.8, 4) is 22.8 Å². The first-order valence-corrected chi connectivity index (χ1v) is 12.7. The molecule has 198 valence electrons. The van der Waals surface area contributed by atoms with Crippen molar-refractivity contribution in [2.75, 3.05) is 18.8 Å². The minimum Gasteiger partial charge on any atom is -0.457 e. The van der Waals surface area contributed by atoms with Gasteiger partial charge in [0.2, 0.25) is 5.91 Å². The van der Waals surface area contributed by atoms with Crippen LogP contribution in [0.4, 0.5) is 5.82 Å². The molecule has 1 unspecified atom stereocenters. The second kappa shape index (κ2) is 11.1. The largest absolute Gasteiger partial charge is 0.457 e. The van der Waals surface area contributed by atoms with Crippen molar-refractivity contribution in [1.29, 1.82) is 0 Å². The van der Waals surface area contributed by atoms with Crippen LogP contribution in [0.2, 0.25) is 0 Å². The Morgan fingerprint density at radius 1 is 1.11 bits per heavy atom. The summed E-state index contributed by atoms with van der Waals surface area (Å²) in [6.45, 7) is 1.21. The standard InChI is InChI=1S/C27H32N8O3/c28-21(12-13-22(29)36)27(37)34-14-4-5-18(15-34)35-26-23(25(30)31-16-32-26)24(33-35)17-8-10-20(11-9-17)38-19-6-2-1-3-7-19/h1-3,6-11,16,18,21,27,37H,4-5,12-15,28H2,(H2,29,36)(H2,30,31,32)/t18-,21+,27?/m1/s1. The van der Waals surface area contributed by atoms with E-state index in [1.54, 1.807) is 0 Å². The minimum absolute atomic E-state index is 0.0621. The Hall–Kier alpha value is -4.06. The fourth-order valence-corrected chi connectivity index (χ4v) is 4.91. The van der Waals surface area contributed by atoms with Crippen LogP contribution in [-0.2, 0) is 4.79 Å². The quantitative estimate of drug-likeness (QED) is 0.261. The van der Waals surface area contributed by atoms with Crippen LogP contribution in [0.1, 0.15) is 31.7 Å². The minimum atomic E-state index is -0.893. The van der Waals surface area contributed by atoms with Crippen molar-refractivity contribution in [2.45, 2.75) is 44.0 Å². The summed E-state index contributed by atoms with van der Waals surface area (Å²) in [6, 6.07) is 16.6. The molecule has 4 aromatic rings. The number of rotatable bonds is 9. The first-order chi connectivity index (χ1) is 18.4. The number of nitrogen functional groups attached to an aromatic ring is 1. The van der Waals surface area contributed by atoms with E-state index in [-0.39, 0.29) is 12.5 Å². The molecule has 5 rings (SSSR count). The van der Waals surface area contributed by atoms with E-state index < -0.39 is 18.2 Å². The number of amides is 1. The summed E-state index contributed by atoms with van der Waals surface area (Å²) in [4.78, 5) is 21.8. The summed E-state index contributed by atoms with van der Waals surface area (Å²) in [5.41, 5.74) is 19.9. The molecular formula is C27H32N8O3. The number of nitrogens with two attached hydrogens (primary N) is 3. The summed E-state index contributed by atoms with van der Waals surface area (Å²) in [5.74, 6) is 1.38. The first-order valence-electron chi connectivity index (χ1n) is 12.7. The zero-order chi connectivity index (χ0) is 26.6. The molecule has 0 saturated carbocycles. The van der Waals surface area contributed by atoms with Gasteiger partial charge in [-0.25, -0.2) is 14.6 Å². The highest BCUT2D eigenvalue weighted by atomic mass is 16.5. The van der Waals surface area contributed by atoms with Crippen molar-refractivity contribution in [3.63, 3.8) is 0 Å². The van der Waals surface area contributed by atoms with Crippen LogP contribution >= 0.6 is 0 Å². The molecule has 1 aliphatic rings. The van der Waals surface area contributed by atoms with E-state index in [0.717, 1.165) is 24.2 Å². The van der Waals surface area contributed by atoms with E-state index in [4.69, 9.17) is 27.0 Å². The third-order valence-corrected chi connectivity index (χ3v) is 6.88. The maximum Gasteiger partial charge on any atom is 0.217 e. The maximum atomic E-state index is 11.1. The van der Waals surface area contributed by atoms with Gasteiger partial charge in [0.1, 0.15) is 35.6 Å². The molecule has 1 saturated heterocycles. The number of fused-ring (bicyclic) bond motifs is 1. The highest BCUT2D eigenvalue weighted by Gasteiger charge is 2.31. The lowest BCUT2D eigenvalue weighted by Crippen LogP contribution is -2.52. The number of carbonyl (C=O) groups is 1. The number of para-hydroxylation sites is 1. The zero-order valence-electron chi connectivity index (χ0n) is 21.0. The van der Waals surface area contributed by atoms with Crippen molar-refractivity contribution < 1.29 is 14.6 Å². The van der Waals surface area contributed by atoms with Gasteiger partial charge in [0.25, 0.3) is 0 Å². The number of nitrogens with zero attached hydrogens (tertiary/aromatic N) is 5. The molecule has 3 heterocycles. The highest BCUT2D eigenvalue weighted by Crippen LogP contribution is 2.35. The number of aromatic nitrogens is 4. The lowest BCUT2D eigenvalue weighted by atomic mass is 10.0. The van der Waals surface area contributed by atoms with Gasteiger partial charge in [-0.3, -0.25) is 9.69 Å². The number of aliphatic hydroxyl groups is 1.